The van der Waals surface area contributed by atoms with E-state index in [0.29, 0.717) is 30.2 Å². The molecule has 5 nitrogen and oxygen atoms in total. The molecule has 1 aliphatic rings. The van der Waals surface area contributed by atoms with E-state index in [1.807, 2.05) is 31.2 Å². The topological polar surface area (TPSA) is 56.8 Å². The van der Waals surface area contributed by atoms with E-state index in [2.05, 4.69) is 11.4 Å². The summed E-state index contributed by atoms with van der Waals surface area (Å²) < 4.78 is 16.7. The Morgan fingerprint density at radius 1 is 1.27 bits per heavy atom. The van der Waals surface area contributed by atoms with E-state index < -0.39 is 0 Å². The quantitative estimate of drug-likeness (QED) is 0.833. The number of nitrogens with one attached hydrogen (secondary N) is 1. The average Bonchev–Trinajstić information content (AvgIpc) is 3.09. The van der Waals surface area contributed by atoms with Crippen LogP contribution in [0, 0.1) is 0 Å². The van der Waals surface area contributed by atoms with E-state index in [4.69, 9.17) is 25.8 Å². The molecule has 3 rings (SSSR count). The van der Waals surface area contributed by atoms with Gasteiger partial charge in [-0.25, -0.2) is 0 Å². The third-order valence-electron chi connectivity index (χ3n) is 4.42. The molecule has 0 saturated heterocycles. The molecule has 0 bridgehead atoms. The molecule has 0 spiro atoms. The zero-order chi connectivity index (χ0) is 18.7. The van der Waals surface area contributed by atoms with E-state index >= 15 is 0 Å². The summed E-state index contributed by atoms with van der Waals surface area (Å²) in [5.41, 5.74) is 2.86. The first-order valence-electron chi connectivity index (χ1n) is 8.53. The maximum Gasteiger partial charge on any atom is 0.219 e. The molecule has 138 valence electrons. The van der Waals surface area contributed by atoms with Crippen LogP contribution in [0.2, 0.25) is 5.02 Å². The molecule has 0 aromatic heterocycles. The van der Waals surface area contributed by atoms with Crippen LogP contribution >= 0.6 is 11.6 Å². The second-order valence-corrected chi connectivity index (χ2v) is 6.52. The van der Waals surface area contributed by atoms with Crippen molar-refractivity contribution in [3.05, 3.63) is 40.9 Å². The van der Waals surface area contributed by atoms with Crippen molar-refractivity contribution in [1.29, 1.82) is 0 Å². The van der Waals surface area contributed by atoms with Gasteiger partial charge in [-0.2, -0.15) is 0 Å². The molecular weight excluding hydrogens is 354 g/mol. The first-order chi connectivity index (χ1) is 12.5. The van der Waals surface area contributed by atoms with Gasteiger partial charge < -0.3 is 19.5 Å². The van der Waals surface area contributed by atoms with Crippen LogP contribution < -0.4 is 19.5 Å². The summed E-state index contributed by atoms with van der Waals surface area (Å²) >= 11 is 6.46. The highest BCUT2D eigenvalue weighted by Crippen LogP contribution is 2.42. The highest BCUT2D eigenvalue weighted by molar-refractivity contribution is 6.32. The first kappa shape index (κ1) is 18.4. The number of carbonyl (C=O) groups is 1. The third kappa shape index (κ3) is 3.73. The van der Waals surface area contributed by atoms with Gasteiger partial charge >= 0.3 is 0 Å². The maximum atomic E-state index is 11.5. The van der Waals surface area contributed by atoms with E-state index in [1.165, 1.54) is 0 Å². The molecule has 1 amide bonds. The number of hydrogen-bond acceptors (Lipinski definition) is 4. The van der Waals surface area contributed by atoms with Gasteiger partial charge in [-0.15, -0.1) is 0 Å². The number of benzene rings is 2. The number of hydrogen-bond donors (Lipinski definition) is 1. The largest absolute Gasteiger partial charge is 0.497 e. The summed E-state index contributed by atoms with van der Waals surface area (Å²) in [6, 6.07) is 9.57. The van der Waals surface area contributed by atoms with E-state index in [0.717, 1.165) is 28.2 Å². The van der Waals surface area contributed by atoms with Crippen LogP contribution in [0.3, 0.4) is 0 Å². The van der Waals surface area contributed by atoms with Gasteiger partial charge in [0.05, 0.1) is 25.8 Å². The number of amides is 1. The molecule has 1 atom stereocenters. The normalized spacial score (nSPS) is 15.2. The molecule has 6 heteroatoms. The second kappa shape index (κ2) is 7.87. The van der Waals surface area contributed by atoms with Crippen LogP contribution in [0.25, 0.3) is 11.1 Å². The number of carbonyl (C=O) groups excluding carboxylic acids is 1. The van der Waals surface area contributed by atoms with Crippen molar-refractivity contribution >= 4 is 17.5 Å². The Hall–Kier alpha value is -2.40. The lowest BCUT2D eigenvalue weighted by Crippen LogP contribution is -2.33. The van der Waals surface area contributed by atoms with Gasteiger partial charge in [-0.3, -0.25) is 4.79 Å². The molecule has 1 N–H and O–H groups in total. The summed E-state index contributed by atoms with van der Waals surface area (Å²) in [6.45, 7) is 2.29. The second-order valence-electron chi connectivity index (χ2n) is 6.11. The number of methoxy groups -OCH3 is 2. The lowest BCUT2D eigenvalue weighted by atomic mass is 9.99. The molecule has 1 heterocycles. The summed E-state index contributed by atoms with van der Waals surface area (Å²) in [5, 5.41) is 3.41. The molecule has 1 aliphatic heterocycles. The van der Waals surface area contributed by atoms with Gasteiger partial charge in [-0.05, 0) is 35.9 Å². The van der Waals surface area contributed by atoms with Crippen molar-refractivity contribution in [2.45, 2.75) is 25.9 Å². The third-order valence-corrected chi connectivity index (χ3v) is 4.70. The lowest BCUT2D eigenvalue weighted by Gasteiger charge is -2.13. The molecule has 1 unspecified atom stereocenters. The molecule has 2 aromatic carbocycles. The molecule has 2 aromatic rings. The Morgan fingerprint density at radius 2 is 2.08 bits per heavy atom. The van der Waals surface area contributed by atoms with Crippen molar-refractivity contribution < 1.29 is 19.0 Å². The number of rotatable bonds is 6. The van der Waals surface area contributed by atoms with E-state index in [9.17, 15) is 4.79 Å². The highest BCUT2D eigenvalue weighted by Gasteiger charge is 2.26. The predicted octanol–water partition coefficient (Wildman–Crippen LogP) is 3.85. The van der Waals surface area contributed by atoms with Crippen LogP contribution in [0.15, 0.2) is 30.3 Å². The predicted molar refractivity (Wildman–Crippen MR) is 101 cm³/mol. The van der Waals surface area contributed by atoms with Crippen LogP contribution in [-0.4, -0.2) is 32.8 Å². The van der Waals surface area contributed by atoms with Crippen LogP contribution in [0.1, 0.15) is 18.9 Å². The standard InChI is InChI=1S/C20H22ClNO4/c1-4-19(23)22-11-15-8-13-7-12(9-17(21)20(13)26-15)16-10-14(24-2)5-6-18(16)25-3/h5-7,9-10,15H,4,8,11H2,1-3H3,(H,22,23). The Bertz CT molecular complexity index is 822. The van der Waals surface area contributed by atoms with Crippen LogP contribution in [0.5, 0.6) is 17.2 Å². The smallest absolute Gasteiger partial charge is 0.219 e. The van der Waals surface area contributed by atoms with Crippen LogP contribution in [-0.2, 0) is 11.2 Å². The van der Waals surface area contributed by atoms with Crippen molar-refractivity contribution in [2.75, 3.05) is 20.8 Å². The van der Waals surface area contributed by atoms with Gasteiger partial charge in [-0.1, -0.05) is 18.5 Å². The SMILES string of the molecule is CCC(=O)NCC1Cc2cc(-c3cc(OC)ccc3OC)cc(Cl)c2O1. The fraction of sp³-hybridized carbons (Fsp3) is 0.350. The fourth-order valence-electron chi connectivity index (χ4n) is 3.05. The summed E-state index contributed by atoms with van der Waals surface area (Å²) in [4.78, 5) is 11.5. The average molecular weight is 376 g/mol. The lowest BCUT2D eigenvalue weighted by molar-refractivity contribution is -0.121. The van der Waals surface area contributed by atoms with E-state index in [1.54, 1.807) is 14.2 Å². The fourth-order valence-corrected chi connectivity index (χ4v) is 3.33. The summed E-state index contributed by atoms with van der Waals surface area (Å²) in [6.07, 6.45) is 1.04. The molecular formula is C20H22ClNO4. The minimum atomic E-state index is -0.111. The Morgan fingerprint density at radius 3 is 2.77 bits per heavy atom. The highest BCUT2D eigenvalue weighted by atomic mass is 35.5. The molecule has 0 fully saturated rings. The van der Waals surface area contributed by atoms with Gasteiger partial charge in [0.25, 0.3) is 0 Å². The number of ether oxygens (including phenoxy) is 3. The van der Waals surface area contributed by atoms with Gasteiger partial charge in [0.1, 0.15) is 23.4 Å². The summed E-state index contributed by atoms with van der Waals surface area (Å²) in [5.74, 6) is 2.19. The minimum Gasteiger partial charge on any atom is -0.497 e. The van der Waals surface area contributed by atoms with Gasteiger partial charge in [0.15, 0.2) is 0 Å². The van der Waals surface area contributed by atoms with Crippen LogP contribution in [0.4, 0.5) is 0 Å². The Kier molecular flexibility index (Phi) is 5.57. The van der Waals surface area contributed by atoms with E-state index in [-0.39, 0.29) is 12.0 Å². The van der Waals surface area contributed by atoms with Crippen molar-refractivity contribution in [3.63, 3.8) is 0 Å². The monoisotopic (exact) mass is 375 g/mol. The van der Waals surface area contributed by atoms with Crippen molar-refractivity contribution in [3.8, 4) is 28.4 Å². The van der Waals surface area contributed by atoms with Crippen molar-refractivity contribution in [1.82, 2.24) is 5.32 Å². The Balaban J connectivity index is 1.88. The number of fused-ring (bicyclic) bond motifs is 1. The minimum absolute atomic E-state index is 0.0115. The zero-order valence-corrected chi connectivity index (χ0v) is 15.9. The molecule has 26 heavy (non-hydrogen) atoms. The van der Waals surface area contributed by atoms with Gasteiger partial charge in [0, 0.05) is 24.0 Å². The molecule has 0 saturated carbocycles. The summed E-state index contributed by atoms with van der Waals surface area (Å²) in [7, 11) is 3.26. The maximum absolute atomic E-state index is 11.5. The first-order valence-corrected chi connectivity index (χ1v) is 8.91. The molecule has 0 aliphatic carbocycles. The van der Waals surface area contributed by atoms with Crippen molar-refractivity contribution in [2.24, 2.45) is 0 Å². The number of halogens is 1. The zero-order valence-electron chi connectivity index (χ0n) is 15.1. The Labute approximate surface area is 158 Å². The molecule has 0 radical (unpaired) electrons. The van der Waals surface area contributed by atoms with Gasteiger partial charge in [0.2, 0.25) is 5.91 Å².